The number of ether oxygens (including phenoxy) is 1. The maximum absolute atomic E-state index is 12.4. The fourth-order valence-electron chi connectivity index (χ4n) is 3.43. The molecule has 0 radical (unpaired) electrons. The van der Waals surface area contributed by atoms with Crippen molar-refractivity contribution in [1.82, 2.24) is 20.2 Å². The van der Waals surface area contributed by atoms with E-state index in [0.29, 0.717) is 12.2 Å². The monoisotopic (exact) mass is 390 g/mol. The Hall–Kier alpha value is -3.61. The van der Waals surface area contributed by atoms with Crippen molar-refractivity contribution in [3.63, 3.8) is 0 Å². The lowest BCUT2D eigenvalue weighted by Crippen LogP contribution is -2.36. The third kappa shape index (κ3) is 3.85. The Labute approximate surface area is 168 Å². The van der Waals surface area contributed by atoms with E-state index in [0.717, 1.165) is 22.6 Å². The molecule has 3 aromatic rings. The number of hydrogen-bond acceptors (Lipinski definition) is 4. The van der Waals surface area contributed by atoms with Gasteiger partial charge < -0.3 is 15.0 Å². The van der Waals surface area contributed by atoms with Crippen LogP contribution in [0.3, 0.4) is 0 Å². The third-order valence-corrected chi connectivity index (χ3v) is 5.05. The average Bonchev–Trinajstić information content (AvgIpc) is 3.35. The van der Waals surface area contributed by atoms with Crippen molar-refractivity contribution >= 4 is 11.9 Å². The summed E-state index contributed by atoms with van der Waals surface area (Å²) < 4.78 is 5.21. The van der Waals surface area contributed by atoms with Gasteiger partial charge >= 0.3 is 6.03 Å². The van der Waals surface area contributed by atoms with Crippen LogP contribution in [0.25, 0.3) is 11.3 Å². The number of rotatable bonds is 6. The van der Waals surface area contributed by atoms with Gasteiger partial charge in [0.05, 0.1) is 25.5 Å². The predicted molar refractivity (Wildman–Crippen MR) is 108 cm³/mol. The van der Waals surface area contributed by atoms with Crippen molar-refractivity contribution in [2.45, 2.75) is 19.4 Å². The Balaban J connectivity index is 1.67. The zero-order chi connectivity index (χ0) is 20.4. The van der Waals surface area contributed by atoms with Gasteiger partial charge in [0.1, 0.15) is 17.6 Å². The van der Waals surface area contributed by atoms with Gasteiger partial charge in [0.15, 0.2) is 0 Å². The molecule has 3 amide bonds. The van der Waals surface area contributed by atoms with Crippen LogP contribution in [0.4, 0.5) is 4.79 Å². The maximum Gasteiger partial charge on any atom is 0.325 e. The summed E-state index contributed by atoms with van der Waals surface area (Å²) >= 11 is 0. The van der Waals surface area contributed by atoms with Gasteiger partial charge in [0.25, 0.3) is 5.91 Å². The topological polar surface area (TPSA) is 87.3 Å². The fraction of sp³-hybridized carbons (Fsp3) is 0.227. The van der Waals surface area contributed by atoms with Crippen LogP contribution in [0, 0.1) is 6.92 Å². The molecule has 7 heteroatoms. The quantitative estimate of drug-likeness (QED) is 0.633. The lowest BCUT2D eigenvalue weighted by molar-refractivity contribution is -0.126. The Morgan fingerprint density at radius 1 is 1.10 bits per heavy atom. The molecule has 1 aliphatic heterocycles. The van der Waals surface area contributed by atoms with Crippen molar-refractivity contribution in [1.29, 1.82) is 0 Å². The summed E-state index contributed by atoms with van der Waals surface area (Å²) in [4.78, 5) is 33.8. The largest absolute Gasteiger partial charge is 0.497 e. The molecule has 7 nitrogen and oxygen atoms in total. The summed E-state index contributed by atoms with van der Waals surface area (Å²) in [5.41, 5.74) is 3.98. The molecule has 0 aliphatic carbocycles. The average molecular weight is 390 g/mol. The number of aromatic amines is 1. The summed E-state index contributed by atoms with van der Waals surface area (Å²) in [6.07, 6.45) is 2.18. The first-order valence-electron chi connectivity index (χ1n) is 9.40. The molecular formula is C22H22N4O3. The van der Waals surface area contributed by atoms with Gasteiger partial charge in [0.2, 0.25) is 0 Å². The number of imide groups is 1. The van der Waals surface area contributed by atoms with Crippen LogP contribution in [-0.4, -0.2) is 40.5 Å². The van der Waals surface area contributed by atoms with Crippen molar-refractivity contribution in [3.05, 3.63) is 71.7 Å². The molecule has 4 rings (SSSR count). The molecule has 148 valence electrons. The molecule has 2 aromatic carbocycles. The van der Waals surface area contributed by atoms with E-state index < -0.39 is 12.1 Å². The van der Waals surface area contributed by atoms with Gasteiger partial charge in [-0.25, -0.2) is 9.78 Å². The Morgan fingerprint density at radius 2 is 1.83 bits per heavy atom. The van der Waals surface area contributed by atoms with Crippen LogP contribution in [0.1, 0.15) is 23.0 Å². The first-order valence-corrected chi connectivity index (χ1v) is 9.40. The second-order valence-electron chi connectivity index (χ2n) is 7.04. The summed E-state index contributed by atoms with van der Waals surface area (Å²) in [6, 6.07) is 14.7. The second-order valence-corrected chi connectivity index (χ2v) is 7.04. The smallest absolute Gasteiger partial charge is 0.325 e. The minimum absolute atomic E-state index is 0.00345. The second kappa shape index (κ2) is 7.79. The van der Waals surface area contributed by atoms with E-state index in [1.165, 1.54) is 10.5 Å². The van der Waals surface area contributed by atoms with Crippen LogP contribution in [-0.2, 0) is 11.2 Å². The Bertz CT molecular complexity index is 1010. The van der Waals surface area contributed by atoms with Gasteiger partial charge in [-0.3, -0.25) is 9.69 Å². The number of nitrogens with zero attached hydrogens (tertiary/aromatic N) is 2. The van der Waals surface area contributed by atoms with Gasteiger partial charge in [-0.2, -0.15) is 0 Å². The van der Waals surface area contributed by atoms with E-state index in [9.17, 15) is 9.59 Å². The molecule has 1 atom stereocenters. The number of carbonyl (C=O) groups excluding carboxylic acids is 2. The summed E-state index contributed by atoms with van der Waals surface area (Å²) in [6.45, 7) is 2.04. The van der Waals surface area contributed by atoms with Crippen molar-refractivity contribution in [2.75, 3.05) is 13.7 Å². The molecule has 29 heavy (non-hydrogen) atoms. The minimum atomic E-state index is -0.530. The first kappa shape index (κ1) is 18.7. The van der Waals surface area contributed by atoms with Crippen molar-refractivity contribution in [3.8, 4) is 17.0 Å². The molecule has 1 fully saturated rings. The molecule has 2 N–H and O–H groups in total. The van der Waals surface area contributed by atoms with Gasteiger partial charge in [-0.05, 0) is 30.2 Å². The van der Waals surface area contributed by atoms with E-state index in [-0.39, 0.29) is 12.5 Å². The van der Waals surface area contributed by atoms with E-state index in [4.69, 9.17) is 4.74 Å². The van der Waals surface area contributed by atoms with Crippen LogP contribution >= 0.6 is 0 Å². The summed E-state index contributed by atoms with van der Waals surface area (Å²) in [5.74, 6) is 1.06. The van der Waals surface area contributed by atoms with E-state index >= 15 is 0 Å². The zero-order valence-corrected chi connectivity index (χ0v) is 16.3. The molecule has 0 saturated carbocycles. The zero-order valence-electron chi connectivity index (χ0n) is 16.3. The number of nitrogens with one attached hydrogen (secondary N) is 2. The molecule has 1 saturated heterocycles. The van der Waals surface area contributed by atoms with Crippen LogP contribution < -0.4 is 10.1 Å². The molecule has 1 aromatic heterocycles. The number of aryl methyl sites for hydroxylation is 1. The number of aromatic nitrogens is 2. The third-order valence-electron chi connectivity index (χ3n) is 5.05. The number of benzene rings is 2. The lowest BCUT2D eigenvalue weighted by atomic mass is 10.0. The molecule has 1 aliphatic rings. The highest BCUT2D eigenvalue weighted by atomic mass is 16.5. The number of methoxy groups -OCH3 is 1. The predicted octanol–water partition coefficient (Wildman–Crippen LogP) is 3.23. The number of urea groups is 1. The minimum Gasteiger partial charge on any atom is -0.497 e. The molecule has 0 unspecified atom stereocenters. The Morgan fingerprint density at radius 3 is 2.45 bits per heavy atom. The SMILES string of the molecule is COc1ccc(C[C@@H](c2ncc(-c3ccc(C)cc3)[nH]2)N2C(=O)CNC2=O)cc1. The lowest BCUT2D eigenvalue weighted by Gasteiger charge is -2.23. The highest BCUT2D eigenvalue weighted by Crippen LogP contribution is 2.28. The number of amides is 3. The molecule has 2 heterocycles. The molecular weight excluding hydrogens is 368 g/mol. The fourth-order valence-corrected chi connectivity index (χ4v) is 3.43. The number of hydrogen-bond donors (Lipinski definition) is 2. The molecule has 0 spiro atoms. The highest BCUT2D eigenvalue weighted by Gasteiger charge is 2.37. The van der Waals surface area contributed by atoms with Crippen molar-refractivity contribution < 1.29 is 14.3 Å². The number of imidazole rings is 1. The highest BCUT2D eigenvalue weighted by molar-refractivity contribution is 6.02. The van der Waals surface area contributed by atoms with Crippen molar-refractivity contribution in [2.24, 2.45) is 0 Å². The summed E-state index contributed by atoms with van der Waals surface area (Å²) in [5, 5.41) is 2.59. The first-order chi connectivity index (χ1) is 14.0. The normalized spacial score (nSPS) is 14.8. The summed E-state index contributed by atoms with van der Waals surface area (Å²) in [7, 11) is 1.61. The van der Waals surface area contributed by atoms with Crippen LogP contribution in [0.2, 0.25) is 0 Å². The van der Waals surface area contributed by atoms with Gasteiger partial charge in [-0.1, -0.05) is 42.0 Å². The Kier molecular flexibility index (Phi) is 5.03. The van der Waals surface area contributed by atoms with Crippen LogP contribution in [0.15, 0.2) is 54.7 Å². The van der Waals surface area contributed by atoms with E-state index in [1.54, 1.807) is 13.3 Å². The number of H-pyrrole nitrogens is 1. The standard InChI is InChI=1S/C22H22N4O3/c1-14-3-7-16(8-4-14)18-12-23-21(25-18)19(26-20(27)13-24-22(26)28)11-15-5-9-17(29-2)10-6-15/h3-10,12,19H,11,13H2,1-2H3,(H,23,25)(H,24,28)/t19-/m0/s1. The van der Waals surface area contributed by atoms with Gasteiger partial charge in [-0.15, -0.1) is 0 Å². The maximum atomic E-state index is 12.4. The molecule has 0 bridgehead atoms. The number of carbonyl (C=O) groups is 2. The van der Waals surface area contributed by atoms with Crippen LogP contribution in [0.5, 0.6) is 5.75 Å². The van der Waals surface area contributed by atoms with Gasteiger partial charge in [0, 0.05) is 6.42 Å². The van der Waals surface area contributed by atoms with E-state index in [1.807, 2.05) is 55.5 Å². The van der Waals surface area contributed by atoms with E-state index in [2.05, 4.69) is 15.3 Å².